The van der Waals surface area contributed by atoms with Crippen molar-refractivity contribution in [1.29, 1.82) is 0 Å². The molecule has 0 aliphatic rings. The number of aliphatic hydroxyl groups is 1. The number of hydrogen-bond acceptors (Lipinski definition) is 4. The van der Waals surface area contributed by atoms with Crippen LogP contribution < -0.4 is 0 Å². The fourth-order valence-electron chi connectivity index (χ4n) is 5.05. The number of pyridine rings is 1. The molecule has 2 aromatic heterocycles. The standard InChI is InChI=1S/C24H19F3NS.C15H28O2.Ir/c1-23(2,3)19-13-17(12-15-6-4-5-7-18(15)19)20-14-16(10-11-28-20)21-8-9-22(29-21)24(25,26)27;1-7-14(5,8-2)12(16)11-13(17)15(6,9-3)10-4;/h4-11,13-14H,1-3H3;11,16H,7-10H2,1-6H3;/q-1;;/b;12-11-;. The minimum atomic E-state index is -4.33. The summed E-state index contributed by atoms with van der Waals surface area (Å²) >= 11 is 0.744. The molecule has 2 aromatic carbocycles. The molecule has 0 spiro atoms. The normalized spacial score (nSPS) is 12.7. The number of benzene rings is 2. The average Bonchev–Trinajstić information content (AvgIpc) is 3.55. The number of thiophene rings is 1. The Balaban J connectivity index is 0.000000370. The van der Waals surface area contributed by atoms with Crippen molar-refractivity contribution in [3.8, 4) is 21.7 Å². The fraction of sp³-hybridized carbons (Fsp3) is 0.436. The van der Waals surface area contributed by atoms with Crippen molar-refractivity contribution in [3.63, 3.8) is 0 Å². The summed E-state index contributed by atoms with van der Waals surface area (Å²) in [7, 11) is 0. The van der Waals surface area contributed by atoms with Crippen molar-refractivity contribution in [3.05, 3.63) is 89.1 Å². The molecular formula is C39H47F3IrNO2S-. The van der Waals surface area contributed by atoms with Crippen LogP contribution in [0, 0.1) is 16.9 Å². The van der Waals surface area contributed by atoms with Crippen LogP contribution >= 0.6 is 11.3 Å². The summed E-state index contributed by atoms with van der Waals surface area (Å²) in [4.78, 5) is 16.6. The third-order valence-corrected chi connectivity index (χ3v) is 10.6. The number of alkyl halides is 3. The Morgan fingerprint density at radius 1 is 0.872 bits per heavy atom. The van der Waals surface area contributed by atoms with Gasteiger partial charge in [0.05, 0.1) is 0 Å². The van der Waals surface area contributed by atoms with Gasteiger partial charge in [-0.15, -0.1) is 40.5 Å². The minimum Gasteiger partial charge on any atom is -0.512 e. The number of aromatic nitrogens is 1. The first-order valence-corrected chi connectivity index (χ1v) is 16.8. The van der Waals surface area contributed by atoms with E-state index in [1.807, 2.05) is 65.8 Å². The van der Waals surface area contributed by atoms with Gasteiger partial charge in [0, 0.05) is 53.8 Å². The van der Waals surface area contributed by atoms with Gasteiger partial charge in [-0.05, 0) is 54.9 Å². The van der Waals surface area contributed by atoms with E-state index in [0.29, 0.717) is 10.6 Å². The van der Waals surface area contributed by atoms with Crippen LogP contribution in [0.15, 0.2) is 72.6 Å². The van der Waals surface area contributed by atoms with Crippen LogP contribution in [0.2, 0.25) is 0 Å². The number of aliphatic hydroxyl groups excluding tert-OH is 1. The van der Waals surface area contributed by atoms with Crippen LogP contribution in [0.3, 0.4) is 0 Å². The summed E-state index contributed by atoms with van der Waals surface area (Å²) in [5, 5.41) is 12.3. The first-order valence-electron chi connectivity index (χ1n) is 16.0. The number of nitrogens with zero attached hydrogens (tertiary/aromatic N) is 1. The van der Waals surface area contributed by atoms with Crippen LogP contribution in [0.5, 0.6) is 0 Å². The van der Waals surface area contributed by atoms with Gasteiger partial charge in [-0.1, -0.05) is 97.5 Å². The molecule has 0 amide bonds. The van der Waals surface area contributed by atoms with Gasteiger partial charge in [-0.25, -0.2) is 0 Å². The van der Waals surface area contributed by atoms with Crippen LogP contribution in [0.4, 0.5) is 13.2 Å². The quantitative estimate of drug-likeness (QED) is 0.104. The van der Waals surface area contributed by atoms with E-state index in [-0.39, 0.29) is 47.9 Å². The maximum atomic E-state index is 13.0. The van der Waals surface area contributed by atoms with Crippen LogP contribution in [0.1, 0.15) is 98.4 Å². The molecule has 257 valence electrons. The van der Waals surface area contributed by atoms with Gasteiger partial charge in [0.25, 0.3) is 0 Å². The minimum absolute atomic E-state index is 0. The van der Waals surface area contributed by atoms with E-state index >= 15 is 0 Å². The topological polar surface area (TPSA) is 50.2 Å². The van der Waals surface area contributed by atoms with Crippen molar-refractivity contribution in [2.75, 3.05) is 0 Å². The summed E-state index contributed by atoms with van der Waals surface area (Å²) in [5.74, 6) is 0.286. The molecule has 2 heterocycles. The second kappa shape index (κ2) is 16.1. The summed E-state index contributed by atoms with van der Waals surface area (Å²) in [5.41, 5.74) is 2.76. The van der Waals surface area contributed by atoms with Gasteiger partial charge in [0.15, 0.2) is 5.78 Å². The molecule has 0 aliphatic heterocycles. The second-order valence-electron chi connectivity index (χ2n) is 13.4. The Labute approximate surface area is 296 Å². The zero-order valence-corrected chi connectivity index (χ0v) is 32.1. The Morgan fingerprint density at radius 3 is 2.00 bits per heavy atom. The number of hydrogen-bond donors (Lipinski definition) is 1. The van der Waals surface area contributed by atoms with E-state index < -0.39 is 11.1 Å². The Hall–Kier alpha value is -2.80. The number of rotatable bonds is 9. The Morgan fingerprint density at radius 2 is 1.47 bits per heavy atom. The number of allylic oxidation sites excluding steroid dienone is 2. The van der Waals surface area contributed by atoms with Crippen molar-refractivity contribution in [2.24, 2.45) is 10.8 Å². The summed E-state index contributed by atoms with van der Waals surface area (Å²) in [6.45, 7) is 18.6. The van der Waals surface area contributed by atoms with E-state index in [4.69, 9.17) is 0 Å². The second-order valence-corrected chi connectivity index (χ2v) is 14.5. The van der Waals surface area contributed by atoms with Gasteiger partial charge in [-0.3, -0.25) is 9.78 Å². The van der Waals surface area contributed by atoms with Crippen molar-refractivity contribution < 1.29 is 43.2 Å². The van der Waals surface area contributed by atoms with E-state index in [2.05, 4.69) is 44.0 Å². The molecule has 0 saturated heterocycles. The molecule has 0 aliphatic carbocycles. The molecule has 0 saturated carbocycles. The number of carbonyl (C=O) groups is 1. The summed E-state index contributed by atoms with van der Waals surface area (Å²) in [6, 6.07) is 19.8. The SMILES string of the molecule is CC(C)(C)c1cc(-c2cc(-c3ccc(C(F)(F)F)s3)ccn2)[c-]c2ccccc12.CCC(C)(CC)C(=O)/C=C(\O)C(C)(CC)CC.[Ir]. The van der Waals surface area contributed by atoms with Crippen molar-refractivity contribution >= 4 is 27.9 Å². The van der Waals surface area contributed by atoms with Gasteiger partial charge in [-0.2, -0.15) is 13.2 Å². The summed E-state index contributed by atoms with van der Waals surface area (Å²) in [6.07, 6.45) is 2.06. The smallest absolute Gasteiger partial charge is 0.425 e. The molecule has 0 unspecified atom stereocenters. The molecule has 0 atom stereocenters. The van der Waals surface area contributed by atoms with Gasteiger partial charge in [0.1, 0.15) is 10.6 Å². The molecule has 0 bridgehead atoms. The predicted octanol–water partition coefficient (Wildman–Crippen LogP) is 12.4. The monoisotopic (exact) mass is 843 g/mol. The van der Waals surface area contributed by atoms with Crippen LogP contribution in [-0.2, 0) is 36.5 Å². The summed E-state index contributed by atoms with van der Waals surface area (Å²) < 4.78 is 38.9. The fourth-order valence-corrected chi connectivity index (χ4v) is 5.92. The first-order chi connectivity index (χ1) is 21.4. The van der Waals surface area contributed by atoms with Crippen molar-refractivity contribution in [2.45, 2.75) is 99.6 Å². The maximum Gasteiger partial charge on any atom is 0.425 e. The molecule has 3 nitrogen and oxygen atoms in total. The number of ketones is 1. The largest absolute Gasteiger partial charge is 0.512 e. The zero-order chi connectivity index (χ0) is 34.5. The number of carbonyl (C=O) groups excluding carboxylic acids is 1. The molecular weight excluding hydrogens is 796 g/mol. The molecule has 4 rings (SSSR count). The van der Waals surface area contributed by atoms with Crippen LogP contribution in [-0.4, -0.2) is 15.9 Å². The molecule has 1 radical (unpaired) electrons. The Kier molecular flexibility index (Phi) is 13.8. The third-order valence-electron chi connectivity index (χ3n) is 9.39. The van der Waals surface area contributed by atoms with E-state index in [1.54, 1.807) is 12.3 Å². The molecule has 4 aromatic rings. The molecule has 1 N–H and O–H groups in total. The van der Waals surface area contributed by atoms with Crippen molar-refractivity contribution in [1.82, 2.24) is 4.98 Å². The van der Waals surface area contributed by atoms with E-state index in [1.165, 1.54) is 17.7 Å². The van der Waals surface area contributed by atoms with Gasteiger partial charge >= 0.3 is 6.18 Å². The number of halogens is 3. The number of fused-ring (bicyclic) bond motifs is 1. The van der Waals surface area contributed by atoms with Crippen LogP contribution in [0.25, 0.3) is 32.5 Å². The average molecular weight is 843 g/mol. The first kappa shape index (κ1) is 40.4. The molecule has 47 heavy (non-hydrogen) atoms. The van der Waals surface area contributed by atoms with Gasteiger partial charge in [0.2, 0.25) is 0 Å². The zero-order valence-electron chi connectivity index (χ0n) is 28.9. The Bertz CT molecular complexity index is 1680. The molecule has 0 fully saturated rings. The van der Waals surface area contributed by atoms with Gasteiger partial charge < -0.3 is 5.11 Å². The molecule has 8 heteroatoms. The third kappa shape index (κ3) is 9.64. The maximum absolute atomic E-state index is 13.0. The van der Waals surface area contributed by atoms with E-state index in [0.717, 1.165) is 65.0 Å². The van der Waals surface area contributed by atoms with E-state index in [9.17, 15) is 23.1 Å². The predicted molar refractivity (Wildman–Crippen MR) is 186 cm³/mol.